The summed E-state index contributed by atoms with van der Waals surface area (Å²) in [6.45, 7) is -0.302. The smallest absolute Gasteiger partial charge is 0.244 e. The number of ether oxygens (including phenoxy) is 1. The maximum absolute atomic E-state index is 11.9. The van der Waals surface area contributed by atoms with Crippen LogP contribution in [0.15, 0.2) is 23.2 Å². The van der Waals surface area contributed by atoms with Crippen molar-refractivity contribution in [3.8, 4) is 0 Å². The van der Waals surface area contributed by atoms with Crippen LogP contribution < -0.4 is 10.5 Å². The predicted octanol–water partition coefficient (Wildman–Crippen LogP) is -1.05. The first-order chi connectivity index (χ1) is 8.01. The first-order valence-corrected chi connectivity index (χ1v) is 6.32. The number of pyridine rings is 1. The van der Waals surface area contributed by atoms with E-state index in [-0.39, 0.29) is 23.9 Å². The number of aliphatic hydroxyl groups excluding tert-OH is 1. The zero-order chi connectivity index (χ0) is 12.9. The van der Waals surface area contributed by atoms with Gasteiger partial charge in [0.15, 0.2) is 0 Å². The number of sulfonamides is 1. The van der Waals surface area contributed by atoms with Crippen LogP contribution in [0.25, 0.3) is 0 Å². The van der Waals surface area contributed by atoms with E-state index in [2.05, 4.69) is 9.71 Å². The number of nitrogen functional groups attached to an aromatic ring is 1. The van der Waals surface area contributed by atoms with Gasteiger partial charge in [0.25, 0.3) is 0 Å². The van der Waals surface area contributed by atoms with Crippen molar-refractivity contribution in [2.75, 3.05) is 26.1 Å². The molecule has 0 aliphatic carbocycles. The molecule has 1 aromatic rings. The molecule has 7 nitrogen and oxygen atoms in total. The van der Waals surface area contributed by atoms with Gasteiger partial charge in [0.2, 0.25) is 10.0 Å². The molecule has 1 atom stereocenters. The van der Waals surface area contributed by atoms with Crippen LogP contribution in [0, 0.1) is 0 Å². The molecule has 0 fully saturated rings. The van der Waals surface area contributed by atoms with E-state index in [0.29, 0.717) is 0 Å². The number of hydrogen-bond acceptors (Lipinski definition) is 6. The molecular weight excluding hydrogens is 246 g/mol. The average Bonchev–Trinajstić information content (AvgIpc) is 2.28. The van der Waals surface area contributed by atoms with Crippen molar-refractivity contribution in [1.82, 2.24) is 9.71 Å². The molecule has 96 valence electrons. The van der Waals surface area contributed by atoms with E-state index in [9.17, 15) is 8.42 Å². The lowest BCUT2D eigenvalue weighted by molar-refractivity contribution is 0.139. The lowest BCUT2D eigenvalue weighted by Gasteiger charge is -2.15. The van der Waals surface area contributed by atoms with Crippen LogP contribution in [-0.4, -0.2) is 44.9 Å². The Morgan fingerprint density at radius 3 is 2.88 bits per heavy atom. The zero-order valence-corrected chi connectivity index (χ0v) is 10.1. The predicted molar refractivity (Wildman–Crippen MR) is 61.7 cm³/mol. The second-order valence-corrected chi connectivity index (χ2v) is 5.03. The van der Waals surface area contributed by atoms with Gasteiger partial charge < -0.3 is 15.6 Å². The number of hydrogen-bond donors (Lipinski definition) is 3. The van der Waals surface area contributed by atoms with Gasteiger partial charge in [-0.15, -0.1) is 0 Å². The molecule has 17 heavy (non-hydrogen) atoms. The topological polar surface area (TPSA) is 115 Å². The highest BCUT2D eigenvalue weighted by molar-refractivity contribution is 7.89. The molecule has 4 N–H and O–H groups in total. The Balaban J connectivity index is 2.92. The van der Waals surface area contributed by atoms with Crippen LogP contribution in [0.5, 0.6) is 0 Å². The van der Waals surface area contributed by atoms with Crippen LogP contribution in [0.4, 0.5) is 5.82 Å². The summed E-state index contributed by atoms with van der Waals surface area (Å²) < 4.78 is 30.9. The largest absolute Gasteiger partial charge is 0.395 e. The molecule has 0 saturated carbocycles. The minimum atomic E-state index is -3.80. The number of aliphatic hydroxyl groups is 1. The monoisotopic (exact) mass is 261 g/mol. The fraction of sp³-hybridized carbons (Fsp3) is 0.444. The molecule has 1 rings (SSSR count). The summed E-state index contributed by atoms with van der Waals surface area (Å²) in [6.07, 6.45) is 1.40. The number of nitrogens with zero attached hydrogens (tertiary/aromatic N) is 1. The van der Waals surface area contributed by atoms with Gasteiger partial charge in [-0.3, -0.25) is 0 Å². The van der Waals surface area contributed by atoms with Gasteiger partial charge in [0, 0.05) is 13.3 Å². The highest BCUT2D eigenvalue weighted by atomic mass is 32.2. The second-order valence-electron chi connectivity index (χ2n) is 3.34. The zero-order valence-electron chi connectivity index (χ0n) is 9.33. The van der Waals surface area contributed by atoms with E-state index in [0.717, 1.165) is 0 Å². The number of anilines is 1. The van der Waals surface area contributed by atoms with Crippen LogP contribution in [-0.2, 0) is 14.8 Å². The molecule has 0 aliphatic rings. The highest BCUT2D eigenvalue weighted by Crippen LogP contribution is 2.14. The fourth-order valence-corrected chi connectivity index (χ4v) is 2.53. The van der Waals surface area contributed by atoms with Gasteiger partial charge >= 0.3 is 0 Å². The number of methoxy groups -OCH3 is 1. The molecule has 0 saturated heterocycles. The summed E-state index contributed by atoms with van der Waals surface area (Å²) in [7, 11) is -2.39. The molecule has 0 aliphatic heterocycles. The van der Waals surface area contributed by atoms with E-state index in [1.165, 1.54) is 25.4 Å². The molecule has 1 heterocycles. The van der Waals surface area contributed by atoms with E-state index in [4.69, 9.17) is 15.6 Å². The Morgan fingerprint density at radius 1 is 1.65 bits per heavy atom. The third kappa shape index (κ3) is 3.63. The third-order valence-corrected chi connectivity index (χ3v) is 3.57. The maximum atomic E-state index is 11.9. The molecule has 0 aromatic carbocycles. The normalized spacial score (nSPS) is 13.5. The van der Waals surface area contributed by atoms with Gasteiger partial charge in [0.1, 0.15) is 10.7 Å². The molecule has 0 radical (unpaired) electrons. The summed E-state index contributed by atoms with van der Waals surface area (Å²) >= 11 is 0. The van der Waals surface area contributed by atoms with Gasteiger partial charge in [-0.25, -0.2) is 18.1 Å². The van der Waals surface area contributed by atoms with E-state index in [1.54, 1.807) is 0 Å². The van der Waals surface area contributed by atoms with Crippen LogP contribution in [0.3, 0.4) is 0 Å². The number of rotatable bonds is 6. The molecule has 1 unspecified atom stereocenters. The SMILES string of the molecule is COCC(CO)NS(=O)(=O)c1cccnc1N. The lowest BCUT2D eigenvalue weighted by Crippen LogP contribution is -2.40. The van der Waals surface area contributed by atoms with Crippen molar-refractivity contribution in [2.45, 2.75) is 10.9 Å². The minimum absolute atomic E-state index is 0.0654. The van der Waals surface area contributed by atoms with Crippen LogP contribution in [0.2, 0.25) is 0 Å². The summed E-state index contributed by atoms with van der Waals surface area (Å²) in [5.74, 6) is -0.0888. The van der Waals surface area contributed by atoms with E-state index in [1.807, 2.05) is 0 Å². The first kappa shape index (κ1) is 13.8. The fourth-order valence-electron chi connectivity index (χ4n) is 1.24. The molecule has 0 amide bonds. The molecule has 0 bridgehead atoms. The van der Waals surface area contributed by atoms with Gasteiger partial charge in [0.05, 0.1) is 19.3 Å². The number of nitrogens with two attached hydrogens (primary N) is 1. The Kier molecular flexibility index (Phi) is 4.82. The summed E-state index contributed by atoms with van der Waals surface area (Å²) in [5, 5.41) is 8.98. The van der Waals surface area contributed by atoms with Crippen molar-refractivity contribution >= 4 is 15.8 Å². The summed E-state index contributed by atoms with van der Waals surface area (Å²) in [4.78, 5) is 3.57. The standard InChI is InChI=1S/C9H15N3O4S/c1-16-6-7(5-13)12-17(14,15)8-3-2-4-11-9(8)10/h2-4,7,12-13H,5-6H2,1H3,(H2,10,11). The van der Waals surface area contributed by atoms with Crippen molar-refractivity contribution in [3.05, 3.63) is 18.3 Å². The quantitative estimate of drug-likeness (QED) is 0.602. The van der Waals surface area contributed by atoms with Crippen molar-refractivity contribution < 1.29 is 18.3 Å². The number of aromatic nitrogens is 1. The minimum Gasteiger partial charge on any atom is -0.395 e. The van der Waals surface area contributed by atoms with Gasteiger partial charge in [-0.2, -0.15) is 0 Å². The second kappa shape index (κ2) is 5.92. The third-order valence-electron chi connectivity index (χ3n) is 2.00. The van der Waals surface area contributed by atoms with Crippen molar-refractivity contribution in [2.24, 2.45) is 0 Å². The van der Waals surface area contributed by atoms with Crippen LogP contribution >= 0.6 is 0 Å². The Morgan fingerprint density at radius 2 is 2.35 bits per heavy atom. The Labute approximate surface area is 99.7 Å². The molecular formula is C9H15N3O4S. The van der Waals surface area contributed by atoms with Gasteiger partial charge in [-0.1, -0.05) is 0 Å². The maximum Gasteiger partial charge on any atom is 0.244 e. The van der Waals surface area contributed by atoms with E-state index < -0.39 is 16.1 Å². The molecule has 0 spiro atoms. The number of nitrogens with one attached hydrogen (secondary N) is 1. The van der Waals surface area contributed by atoms with Gasteiger partial charge in [-0.05, 0) is 12.1 Å². The van der Waals surface area contributed by atoms with E-state index >= 15 is 0 Å². The summed E-state index contributed by atoms with van der Waals surface area (Å²) in [5.41, 5.74) is 5.47. The summed E-state index contributed by atoms with van der Waals surface area (Å²) in [6, 6.07) is 2.09. The average molecular weight is 261 g/mol. The van der Waals surface area contributed by atoms with Crippen molar-refractivity contribution in [1.29, 1.82) is 0 Å². The van der Waals surface area contributed by atoms with Crippen molar-refractivity contribution in [3.63, 3.8) is 0 Å². The first-order valence-electron chi connectivity index (χ1n) is 4.84. The molecule has 8 heteroatoms. The lowest BCUT2D eigenvalue weighted by atomic mass is 10.4. The molecule has 1 aromatic heterocycles. The van der Waals surface area contributed by atoms with Crippen LogP contribution in [0.1, 0.15) is 0 Å². The Bertz CT molecular complexity index is 463. The highest BCUT2D eigenvalue weighted by Gasteiger charge is 2.22. The Hall–Kier alpha value is -1.22.